The fourth-order valence-corrected chi connectivity index (χ4v) is 1.56. The smallest absolute Gasteiger partial charge is 0.220 e. The van der Waals surface area contributed by atoms with Gasteiger partial charge in [-0.25, -0.2) is 0 Å². The molecule has 1 rings (SSSR count). The van der Waals surface area contributed by atoms with Crippen molar-refractivity contribution < 1.29 is 14.3 Å². The highest BCUT2D eigenvalue weighted by Crippen LogP contribution is 2.12. The fourth-order valence-electron chi connectivity index (χ4n) is 1.56. The van der Waals surface area contributed by atoms with E-state index >= 15 is 0 Å². The summed E-state index contributed by atoms with van der Waals surface area (Å²) in [6, 6.07) is 7.03. The Morgan fingerprint density at radius 1 is 1.21 bits per heavy atom. The van der Waals surface area contributed by atoms with Crippen LogP contribution in [-0.2, 0) is 4.79 Å². The highest BCUT2D eigenvalue weighted by Gasteiger charge is 2.01. The molecule has 0 aliphatic rings. The third-order valence-corrected chi connectivity index (χ3v) is 2.65. The summed E-state index contributed by atoms with van der Waals surface area (Å²) in [5, 5.41) is 2.82. The molecule has 0 heterocycles. The van der Waals surface area contributed by atoms with Crippen LogP contribution in [0.1, 0.15) is 43.5 Å². The van der Waals surface area contributed by atoms with Gasteiger partial charge in [0, 0.05) is 18.5 Å². The average molecular weight is 263 g/mol. The zero-order valence-electron chi connectivity index (χ0n) is 11.6. The molecular formula is C15H21NO3. The van der Waals surface area contributed by atoms with Crippen molar-refractivity contribution in [2.45, 2.75) is 33.1 Å². The lowest BCUT2D eigenvalue weighted by atomic mass is 10.1. The molecule has 1 aromatic carbocycles. The second-order valence-electron chi connectivity index (χ2n) is 4.38. The molecule has 0 saturated carbocycles. The molecule has 0 aromatic heterocycles. The van der Waals surface area contributed by atoms with E-state index in [4.69, 9.17) is 4.74 Å². The average Bonchev–Trinajstić information content (AvgIpc) is 2.41. The number of Topliss-reactive ketones (excluding diaryl/α,β-unsaturated/α-hetero) is 1. The van der Waals surface area contributed by atoms with Gasteiger partial charge in [0.25, 0.3) is 0 Å². The van der Waals surface area contributed by atoms with E-state index in [-0.39, 0.29) is 11.7 Å². The van der Waals surface area contributed by atoms with Gasteiger partial charge in [-0.15, -0.1) is 0 Å². The SMILES string of the molecule is CCCNC(=O)CCCOc1ccc(C(C)=O)cc1. The first-order valence-electron chi connectivity index (χ1n) is 6.64. The van der Waals surface area contributed by atoms with Crippen LogP contribution in [0.2, 0.25) is 0 Å². The Balaban J connectivity index is 2.22. The van der Waals surface area contributed by atoms with Crippen LogP contribution in [0.15, 0.2) is 24.3 Å². The van der Waals surface area contributed by atoms with E-state index in [1.807, 2.05) is 6.92 Å². The van der Waals surface area contributed by atoms with E-state index in [1.54, 1.807) is 24.3 Å². The molecule has 0 spiro atoms. The van der Waals surface area contributed by atoms with Gasteiger partial charge < -0.3 is 10.1 Å². The van der Waals surface area contributed by atoms with E-state index < -0.39 is 0 Å². The molecule has 0 atom stereocenters. The predicted octanol–water partition coefficient (Wildman–Crippen LogP) is 2.57. The summed E-state index contributed by atoms with van der Waals surface area (Å²) in [5.74, 6) is 0.829. The van der Waals surface area contributed by atoms with Gasteiger partial charge in [0.15, 0.2) is 5.78 Å². The standard InChI is InChI=1S/C15H21NO3/c1-3-10-16-15(18)5-4-11-19-14-8-6-13(7-9-14)12(2)17/h6-9H,3-5,10-11H2,1-2H3,(H,16,18). The molecule has 4 heteroatoms. The van der Waals surface area contributed by atoms with E-state index in [0.29, 0.717) is 25.0 Å². The van der Waals surface area contributed by atoms with Crippen LogP contribution in [-0.4, -0.2) is 24.8 Å². The van der Waals surface area contributed by atoms with Crippen LogP contribution in [0.25, 0.3) is 0 Å². The van der Waals surface area contributed by atoms with Gasteiger partial charge in [-0.2, -0.15) is 0 Å². The number of amides is 1. The van der Waals surface area contributed by atoms with Gasteiger partial charge >= 0.3 is 0 Å². The minimum atomic E-state index is 0.0409. The molecule has 0 bridgehead atoms. The van der Waals surface area contributed by atoms with Crippen LogP contribution in [0.3, 0.4) is 0 Å². The highest BCUT2D eigenvalue weighted by atomic mass is 16.5. The molecule has 0 unspecified atom stereocenters. The lowest BCUT2D eigenvalue weighted by molar-refractivity contribution is -0.121. The summed E-state index contributed by atoms with van der Waals surface area (Å²) >= 11 is 0. The van der Waals surface area contributed by atoms with E-state index in [0.717, 1.165) is 18.7 Å². The second-order valence-corrected chi connectivity index (χ2v) is 4.38. The lowest BCUT2D eigenvalue weighted by Gasteiger charge is -2.07. The number of hydrogen-bond donors (Lipinski definition) is 1. The monoisotopic (exact) mass is 263 g/mol. The number of carbonyl (C=O) groups is 2. The van der Waals surface area contributed by atoms with Crippen molar-refractivity contribution >= 4 is 11.7 Å². The van der Waals surface area contributed by atoms with Crippen LogP contribution < -0.4 is 10.1 Å². The van der Waals surface area contributed by atoms with E-state index in [1.165, 1.54) is 6.92 Å². The molecule has 19 heavy (non-hydrogen) atoms. The Labute approximate surface area is 114 Å². The first-order chi connectivity index (χ1) is 9.13. The van der Waals surface area contributed by atoms with Crippen molar-refractivity contribution in [1.82, 2.24) is 5.32 Å². The minimum absolute atomic E-state index is 0.0409. The Bertz CT molecular complexity index is 412. The number of ether oxygens (including phenoxy) is 1. The van der Waals surface area contributed by atoms with Gasteiger partial charge in [0.1, 0.15) is 5.75 Å². The molecule has 0 radical (unpaired) electrons. The van der Waals surface area contributed by atoms with Gasteiger partial charge in [0.05, 0.1) is 6.61 Å². The van der Waals surface area contributed by atoms with E-state index in [2.05, 4.69) is 5.32 Å². The van der Waals surface area contributed by atoms with Gasteiger partial charge in [-0.3, -0.25) is 9.59 Å². The van der Waals surface area contributed by atoms with Crippen molar-refractivity contribution in [2.75, 3.05) is 13.2 Å². The van der Waals surface area contributed by atoms with E-state index in [9.17, 15) is 9.59 Å². The Morgan fingerprint density at radius 2 is 1.89 bits per heavy atom. The fraction of sp³-hybridized carbons (Fsp3) is 0.467. The summed E-state index contributed by atoms with van der Waals surface area (Å²) < 4.78 is 5.50. The summed E-state index contributed by atoms with van der Waals surface area (Å²) in [7, 11) is 0. The summed E-state index contributed by atoms with van der Waals surface area (Å²) in [4.78, 5) is 22.4. The summed E-state index contributed by atoms with van der Waals surface area (Å²) in [5.41, 5.74) is 0.672. The second kappa shape index (κ2) is 8.29. The summed E-state index contributed by atoms with van der Waals surface area (Å²) in [6.07, 6.45) is 2.11. The zero-order valence-corrected chi connectivity index (χ0v) is 11.6. The van der Waals surface area contributed by atoms with Crippen molar-refractivity contribution in [2.24, 2.45) is 0 Å². The molecule has 1 amide bonds. The Morgan fingerprint density at radius 3 is 2.47 bits per heavy atom. The molecule has 1 aromatic rings. The third-order valence-electron chi connectivity index (χ3n) is 2.65. The van der Waals surface area contributed by atoms with Gasteiger partial charge in [-0.1, -0.05) is 6.92 Å². The Kier molecular flexibility index (Phi) is 6.64. The van der Waals surface area contributed by atoms with Gasteiger partial charge in [-0.05, 0) is 44.0 Å². The van der Waals surface area contributed by atoms with Crippen LogP contribution in [0.5, 0.6) is 5.75 Å². The molecule has 4 nitrogen and oxygen atoms in total. The number of nitrogens with one attached hydrogen (secondary N) is 1. The minimum Gasteiger partial charge on any atom is -0.494 e. The van der Waals surface area contributed by atoms with Crippen LogP contribution in [0.4, 0.5) is 0 Å². The number of hydrogen-bond acceptors (Lipinski definition) is 3. The number of carbonyl (C=O) groups excluding carboxylic acids is 2. The molecular weight excluding hydrogens is 242 g/mol. The molecule has 1 N–H and O–H groups in total. The molecule has 0 fully saturated rings. The molecule has 0 aliphatic heterocycles. The van der Waals surface area contributed by atoms with Crippen molar-refractivity contribution in [3.05, 3.63) is 29.8 Å². The quantitative estimate of drug-likeness (QED) is 0.579. The molecule has 0 aliphatic carbocycles. The number of ketones is 1. The lowest BCUT2D eigenvalue weighted by Crippen LogP contribution is -2.24. The predicted molar refractivity (Wildman–Crippen MR) is 74.5 cm³/mol. The molecule has 0 saturated heterocycles. The number of rotatable bonds is 8. The largest absolute Gasteiger partial charge is 0.494 e. The normalized spacial score (nSPS) is 10.0. The maximum Gasteiger partial charge on any atom is 0.220 e. The maximum atomic E-state index is 11.3. The van der Waals surface area contributed by atoms with Crippen molar-refractivity contribution in [3.8, 4) is 5.75 Å². The van der Waals surface area contributed by atoms with Crippen LogP contribution in [0, 0.1) is 0 Å². The van der Waals surface area contributed by atoms with Gasteiger partial charge in [0.2, 0.25) is 5.91 Å². The first kappa shape index (κ1) is 15.2. The Hall–Kier alpha value is -1.84. The van der Waals surface area contributed by atoms with Crippen LogP contribution >= 0.6 is 0 Å². The third kappa shape index (κ3) is 6.04. The summed E-state index contributed by atoms with van der Waals surface area (Å²) in [6.45, 7) is 4.78. The van der Waals surface area contributed by atoms with Crippen molar-refractivity contribution in [3.63, 3.8) is 0 Å². The number of benzene rings is 1. The first-order valence-corrected chi connectivity index (χ1v) is 6.64. The molecule has 104 valence electrons. The van der Waals surface area contributed by atoms with Crippen molar-refractivity contribution in [1.29, 1.82) is 0 Å². The maximum absolute atomic E-state index is 11.3. The highest BCUT2D eigenvalue weighted by molar-refractivity contribution is 5.94. The topological polar surface area (TPSA) is 55.4 Å². The zero-order chi connectivity index (χ0) is 14.1.